The highest BCUT2D eigenvalue weighted by Gasteiger charge is 2.06. The van der Waals surface area contributed by atoms with Gasteiger partial charge in [-0.3, -0.25) is 4.79 Å². The minimum Gasteiger partial charge on any atom is -0.356 e. The standard InChI is InChI=1S/C17H30N4O.HI/c1-14(2)12-19-17(20-13-16(22)21(3)4)18-11-10-15-8-6-5-7-9-15;/h8H,1,5-7,9-13H2,2-4H3,(H2,18,19,20);1H. The summed E-state index contributed by atoms with van der Waals surface area (Å²) in [5.41, 5.74) is 2.56. The molecule has 0 radical (unpaired) electrons. The van der Waals surface area contributed by atoms with E-state index >= 15 is 0 Å². The third kappa shape index (κ3) is 10.4. The highest BCUT2D eigenvalue weighted by Crippen LogP contribution is 2.19. The van der Waals surface area contributed by atoms with Gasteiger partial charge in [-0.15, -0.1) is 24.0 Å². The van der Waals surface area contributed by atoms with Gasteiger partial charge in [-0.05, 0) is 39.0 Å². The van der Waals surface area contributed by atoms with E-state index in [0.29, 0.717) is 12.5 Å². The van der Waals surface area contributed by atoms with E-state index in [4.69, 9.17) is 0 Å². The molecule has 0 aromatic carbocycles. The molecule has 132 valence electrons. The van der Waals surface area contributed by atoms with Crippen LogP contribution in [-0.2, 0) is 4.79 Å². The number of amides is 1. The van der Waals surface area contributed by atoms with Crippen LogP contribution in [0.1, 0.15) is 39.0 Å². The van der Waals surface area contributed by atoms with Gasteiger partial charge in [0.2, 0.25) is 5.91 Å². The van der Waals surface area contributed by atoms with Gasteiger partial charge in [-0.2, -0.15) is 0 Å². The summed E-state index contributed by atoms with van der Waals surface area (Å²) in [6, 6.07) is 0. The Morgan fingerprint density at radius 1 is 1.35 bits per heavy atom. The lowest BCUT2D eigenvalue weighted by Crippen LogP contribution is -2.39. The van der Waals surface area contributed by atoms with Crippen molar-refractivity contribution in [3.63, 3.8) is 0 Å². The van der Waals surface area contributed by atoms with Crippen LogP contribution >= 0.6 is 24.0 Å². The predicted octanol–water partition coefficient (Wildman–Crippen LogP) is 2.69. The minimum absolute atomic E-state index is 0. The van der Waals surface area contributed by atoms with Gasteiger partial charge < -0.3 is 15.5 Å². The van der Waals surface area contributed by atoms with Crippen molar-refractivity contribution in [3.05, 3.63) is 23.8 Å². The fourth-order valence-corrected chi connectivity index (χ4v) is 2.17. The van der Waals surface area contributed by atoms with Crippen molar-refractivity contribution in [2.45, 2.75) is 39.0 Å². The monoisotopic (exact) mass is 434 g/mol. The lowest BCUT2D eigenvalue weighted by molar-refractivity contribution is -0.127. The summed E-state index contributed by atoms with van der Waals surface area (Å²) in [5, 5.41) is 6.50. The number of carbonyl (C=O) groups excluding carboxylic acids is 1. The number of nitrogens with zero attached hydrogens (tertiary/aromatic N) is 2. The average Bonchev–Trinajstić information content (AvgIpc) is 2.49. The molecule has 0 aliphatic heterocycles. The first-order valence-corrected chi connectivity index (χ1v) is 8.03. The Morgan fingerprint density at radius 3 is 2.65 bits per heavy atom. The Kier molecular flexibility index (Phi) is 11.8. The maximum Gasteiger partial charge on any atom is 0.243 e. The van der Waals surface area contributed by atoms with E-state index in [2.05, 4.69) is 28.3 Å². The average molecular weight is 434 g/mol. The molecule has 0 saturated heterocycles. The first-order valence-electron chi connectivity index (χ1n) is 8.03. The number of hydrogen-bond acceptors (Lipinski definition) is 2. The third-order valence-electron chi connectivity index (χ3n) is 3.55. The number of likely N-dealkylation sites (N-methyl/N-ethyl adjacent to an activating group) is 1. The summed E-state index contributed by atoms with van der Waals surface area (Å²) in [4.78, 5) is 17.5. The molecule has 0 aromatic rings. The highest BCUT2D eigenvalue weighted by molar-refractivity contribution is 14.0. The van der Waals surface area contributed by atoms with E-state index in [1.54, 1.807) is 19.0 Å². The van der Waals surface area contributed by atoms with Gasteiger partial charge in [0.05, 0.1) is 0 Å². The molecule has 2 N–H and O–H groups in total. The van der Waals surface area contributed by atoms with Crippen molar-refractivity contribution >= 4 is 35.8 Å². The molecule has 6 heteroatoms. The zero-order valence-corrected chi connectivity index (χ0v) is 17.0. The second kappa shape index (κ2) is 12.4. The number of guanidine groups is 1. The Bertz CT molecular complexity index is 444. The zero-order chi connectivity index (χ0) is 16.4. The molecule has 0 bridgehead atoms. The van der Waals surface area contributed by atoms with Crippen molar-refractivity contribution < 1.29 is 4.79 Å². The Balaban J connectivity index is 0.00000484. The largest absolute Gasteiger partial charge is 0.356 e. The number of aliphatic imine (C=N–C) groups is 1. The molecule has 1 aliphatic rings. The lowest BCUT2D eigenvalue weighted by atomic mass is 9.97. The van der Waals surface area contributed by atoms with E-state index in [-0.39, 0.29) is 36.4 Å². The number of carbonyl (C=O) groups is 1. The van der Waals surface area contributed by atoms with Gasteiger partial charge in [0.1, 0.15) is 6.54 Å². The molecular weight excluding hydrogens is 403 g/mol. The van der Waals surface area contributed by atoms with Gasteiger partial charge in [-0.1, -0.05) is 23.8 Å². The van der Waals surface area contributed by atoms with Crippen LogP contribution in [0.5, 0.6) is 0 Å². The number of halogens is 1. The van der Waals surface area contributed by atoms with Crippen molar-refractivity contribution in [3.8, 4) is 0 Å². The van der Waals surface area contributed by atoms with E-state index in [1.807, 2.05) is 6.92 Å². The minimum atomic E-state index is -0.00795. The first kappa shape index (κ1) is 21.9. The summed E-state index contributed by atoms with van der Waals surface area (Å²) >= 11 is 0. The normalized spacial score (nSPS) is 14.4. The predicted molar refractivity (Wildman–Crippen MR) is 108 cm³/mol. The van der Waals surface area contributed by atoms with Crippen molar-refractivity contribution in [2.75, 3.05) is 33.7 Å². The molecule has 1 aliphatic carbocycles. The molecule has 0 fully saturated rings. The lowest BCUT2D eigenvalue weighted by Gasteiger charge is -2.16. The van der Waals surface area contributed by atoms with Gasteiger partial charge in [-0.25, -0.2) is 4.99 Å². The molecule has 0 aromatic heterocycles. The van der Waals surface area contributed by atoms with Gasteiger partial charge >= 0.3 is 0 Å². The number of rotatable bonds is 7. The summed E-state index contributed by atoms with van der Waals surface area (Å²) in [5.74, 6) is 0.668. The zero-order valence-electron chi connectivity index (χ0n) is 14.7. The van der Waals surface area contributed by atoms with Crippen LogP contribution in [-0.4, -0.2) is 50.5 Å². The third-order valence-corrected chi connectivity index (χ3v) is 3.55. The quantitative estimate of drug-likeness (QED) is 0.281. The molecular formula is C17H31IN4O. The van der Waals surface area contributed by atoms with Crippen LogP contribution in [0.2, 0.25) is 0 Å². The van der Waals surface area contributed by atoms with E-state index in [1.165, 1.54) is 31.3 Å². The van der Waals surface area contributed by atoms with E-state index < -0.39 is 0 Å². The maximum absolute atomic E-state index is 11.6. The molecule has 0 heterocycles. The molecule has 0 saturated carbocycles. The summed E-state index contributed by atoms with van der Waals surface area (Å²) in [6.45, 7) is 7.48. The molecule has 23 heavy (non-hydrogen) atoms. The van der Waals surface area contributed by atoms with Gasteiger partial charge in [0, 0.05) is 27.2 Å². The van der Waals surface area contributed by atoms with Crippen LogP contribution in [0.15, 0.2) is 28.8 Å². The molecule has 5 nitrogen and oxygen atoms in total. The first-order chi connectivity index (χ1) is 10.5. The van der Waals surface area contributed by atoms with Crippen molar-refractivity contribution in [1.29, 1.82) is 0 Å². The van der Waals surface area contributed by atoms with E-state index in [0.717, 1.165) is 18.5 Å². The highest BCUT2D eigenvalue weighted by atomic mass is 127. The topological polar surface area (TPSA) is 56.7 Å². The maximum atomic E-state index is 11.6. The smallest absolute Gasteiger partial charge is 0.243 e. The molecule has 0 atom stereocenters. The van der Waals surface area contributed by atoms with Crippen LogP contribution in [0.3, 0.4) is 0 Å². The van der Waals surface area contributed by atoms with E-state index in [9.17, 15) is 4.79 Å². The van der Waals surface area contributed by atoms with Crippen molar-refractivity contribution in [2.24, 2.45) is 4.99 Å². The van der Waals surface area contributed by atoms with Crippen LogP contribution in [0.4, 0.5) is 0 Å². The SMILES string of the molecule is C=C(C)CNC(=NCC(=O)N(C)C)NCCC1=CCCCC1.I. The summed E-state index contributed by atoms with van der Waals surface area (Å²) in [7, 11) is 3.48. The fourth-order valence-electron chi connectivity index (χ4n) is 2.17. The summed E-state index contributed by atoms with van der Waals surface area (Å²) < 4.78 is 0. The second-order valence-electron chi connectivity index (χ2n) is 6.05. The Hall–Kier alpha value is -1.05. The van der Waals surface area contributed by atoms with Crippen LogP contribution < -0.4 is 10.6 Å². The van der Waals surface area contributed by atoms with Crippen LogP contribution in [0, 0.1) is 0 Å². The summed E-state index contributed by atoms with van der Waals surface area (Å²) in [6.07, 6.45) is 8.44. The number of allylic oxidation sites excluding steroid dienone is 1. The number of hydrogen-bond donors (Lipinski definition) is 2. The van der Waals surface area contributed by atoms with Gasteiger partial charge in [0.15, 0.2) is 5.96 Å². The second-order valence-corrected chi connectivity index (χ2v) is 6.05. The van der Waals surface area contributed by atoms with Gasteiger partial charge in [0.25, 0.3) is 0 Å². The molecule has 0 spiro atoms. The Labute approximate surface area is 157 Å². The number of nitrogens with one attached hydrogen (secondary N) is 2. The fraction of sp³-hybridized carbons (Fsp3) is 0.647. The van der Waals surface area contributed by atoms with Crippen LogP contribution in [0.25, 0.3) is 0 Å². The molecule has 1 rings (SSSR count). The van der Waals surface area contributed by atoms with Crippen molar-refractivity contribution in [1.82, 2.24) is 15.5 Å². The Morgan fingerprint density at radius 2 is 2.09 bits per heavy atom. The molecule has 0 unspecified atom stereocenters. The molecule has 1 amide bonds.